The molecule has 2 aromatic carbocycles. The highest BCUT2D eigenvalue weighted by molar-refractivity contribution is 6.10. The zero-order valence-electron chi connectivity index (χ0n) is 14.0. The largest absolute Gasteiger partial charge is 0.497 e. The number of benzene rings is 2. The Hall–Kier alpha value is -2.86. The second-order valence-corrected chi connectivity index (χ2v) is 5.78. The number of amides is 2. The molecule has 1 aliphatic heterocycles. The van der Waals surface area contributed by atoms with E-state index in [1.807, 2.05) is 0 Å². The van der Waals surface area contributed by atoms with Crippen LogP contribution >= 0.6 is 0 Å². The average molecular weight is 340 g/mol. The molecular formula is C19H20N2O4. The topological polar surface area (TPSA) is 76.7 Å². The molecule has 1 saturated heterocycles. The molecule has 0 radical (unpaired) electrons. The van der Waals surface area contributed by atoms with Crippen LogP contribution in [0, 0.1) is 5.92 Å². The molecule has 2 aromatic rings. The molecule has 130 valence electrons. The smallest absolute Gasteiger partial charge is 0.257 e. The van der Waals surface area contributed by atoms with Crippen molar-refractivity contribution >= 4 is 23.2 Å². The van der Waals surface area contributed by atoms with Crippen LogP contribution in [-0.4, -0.2) is 32.1 Å². The number of carbonyl (C=O) groups excluding carboxylic acids is 2. The minimum atomic E-state index is -0.288. The molecule has 2 N–H and O–H groups in total. The van der Waals surface area contributed by atoms with Crippen LogP contribution in [0.15, 0.2) is 48.5 Å². The van der Waals surface area contributed by atoms with E-state index in [1.54, 1.807) is 55.6 Å². The van der Waals surface area contributed by atoms with Gasteiger partial charge < -0.3 is 20.1 Å². The van der Waals surface area contributed by atoms with Crippen molar-refractivity contribution in [3.8, 4) is 5.75 Å². The van der Waals surface area contributed by atoms with Crippen molar-refractivity contribution in [3.05, 3.63) is 54.1 Å². The molecule has 6 heteroatoms. The third-order valence-corrected chi connectivity index (χ3v) is 4.08. The van der Waals surface area contributed by atoms with Crippen LogP contribution in [0.1, 0.15) is 16.8 Å². The first-order valence-corrected chi connectivity index (χ1v) is 8.10. The van der Waals surface area contributed by atoms with Crippen LogP contribution in [0.4, 0.5) is 11.4 Å². The molecule has 0 bridgehead atoms. The summed E-state index contributed by atoms with van der Waals surface area (Å²) >= 11 is 0. The molecule has 0 saturated carbocycles. The minimum absolute atomic E-state index is 0.123. The molecule has 1 fully saturated rings. The van der Waals surface area contributed by atoms with Gasteiger partial charge in [0.25, 0.3) is 5.91 Å². The Bertz CT molecular complexity index is 752. The first-order chi connectivity index (χ1) is 12.2. The highest BCUT2D eigenvalue weighted by atomic mass is 16.5. The number of anilines is 2. The molecule has 1 aliphatic rings. The van der Waals surface area contributed by atoms with Gasteiger partial charge in [0, 0.05) is 12.3 Å². The van der Waals surface area contributed by atoms with Crippen LogP contribution < -0.4 is 15.4 Å². The predicted octanol–water partition coefficient (Wildman–Crippen LogP) is 2.92. The van der Waals surface area contributed by atoms with Gasteiger partial charge in [-0.3, -0.25) is 9.59 Å². The Morgan fingerprint density at radius 2 is 1.84 bits per heavy atom. The SMILES string of the molecule is COc1ccc(NC(=O)c2ccccc2NC(=O)[C@@H]2CCOC2)cc1. The van der Waals surface area contributed by atoms with Crippen molar-refractivity contribution in [2.24, 2.45) is 5.92 Å². The summed E-state index contributed by atoms with van der Waals surface area (Å²) in [5, 5.41) is 5.66. The van der Waals surface area contributed by atoms with Crippen LogP contribution in [0.5, 0.6) is 5.75 Å². The van der Waals surface area contributed by atoms with Gasteiger partial charge >= 0.3 is 0 Å². The first-order valence-electron chi connectivity index (χ1n) is 8.10. The highest BCUT2D eigenvalue weighted by Crippen LogP contribution is 2.21. The summed E-state index contributed by atoms with van der Waals surface area (Å²) in [5.74, 6) is 0.132. The Morgan fingerprint density at radius 1 is 1.08 bits per heavy atom. The lowest BCUT2D eigenvalue weighted by Gasteiger charge is -2.13. The van der Waals surface area contributed by atoms with Crippen molar-refractivity contribution < 1.29 is 19.1 Å². The van der Waals surface area contributed by atoms with Gasteiger partial charge in [-0.05, 0) is 42.8 Å². The van der Waals surface area contributed by atoms with Crippen molar-refractivity contribution in [1.82, 2.24) is 0 Å². The van der Waals surface area contributed by atoms with Gasteiger partial charge in [0.05, 0.1) is 30.9 Å². The monoisotopic (exact) mass is 340 g/mol. The van der Waals surface area contributed by atoms with Crippen molar-refractivity contribution in [2.75, 3.05) is 31.0 Å². The summed E-state index contributed by atoms with van der Waals surface area (Å²) in [4.78, 5) is 24.9. The van der Waals surface area contributed by atoms with E-state index in [9.17, 15) is 9.59 Å². The minimum Gasteiger partial charge on any atom is -0.497 e. The summed E-state index contributed by atoms with van der Waals surface area (Å²) in [6, 6.07) is 14.0. The lowest BCUT2D eigenvalue weighted by atomic mass is 10.1. The Balaban J connectivity index is 1.72. The van der Waals surface area contributed by atoms with E-state index in [1.165, 1.54) is 0 Å². The Morgan fingerprint density at radius 3 is 2.52 bits per heavy atom. The van der Waals surface area contributed by atoms with E-state index in [0.29, 0.717) is 42.3 Å². The molecule has 6 nitrogen and oxygen atoms in total. The fourth-order valence-electron chi connectivity index (χ4n) is 2.64. The first kappa shape index (κ1) is 17.0. The molecule has 3 rings (SSSR count). The summed E-state index contributed by atoms with van der Waals surface area (Å²) in [6.07, 6.45) is 0.700. The number of methoxy groups -OCH3 is 1. The quantitative estimate of drug-likeness (QED) is 0.877. The summed E-state index contributed by atoms with van der Waals surface area (Å²) in [6.45, 7) is 1.02. The molecule has 0 unspecified atom stereocenters. The second-order valence-electron chi connectivity index (χ2n) is 5.78. The standard InChI is InChI=1S/C19H20N2O4/c1-24-15-8-6-14(7-9-15)20-19(23)16-4-2-3-5-17(16)21-18(22)13-10-11-25-12-13/h2-9,13H,10-12H2,1H3,(H,20,23)(H,21,22)/t13-/m1/s1. The molecule has 25 heavy (non-hydrogen) atoms. The number of ether oxygens (including phenoxy) is 2. The molecule has 1 heterocycles. The predicted molar refractivity (Wildman–Crippen MR) is 94.9 cm³/mol. The highest BCUT2D eigenvalue weighted by Gasteiger charge is 2.24. The van der Waals surface area contributed by atoms with Gasteiger partial charge in [-0.2, -0.15) is 0 Å². The summed E-state index contributed by atoms with van der Waals surface area (Å²) in [5.41, 5.74) is 1.55. The number of nitrogens with one attached hydrogen (secondary N) is 2. The third kappa shape index (κ3) is 4.16. The van der Waals surface area contributed by atoms with E-state index in [2.05, 4.69) is 10.6 Å². The molecule has 0 aliphatic carbocycles. The van der Waals surface area contributed by atoms with Crippen LogP contribution in [0.25, 0.3) is 0 Å². The van der Waals surface area contributed by atoms with Crippen molar-refractivity contribution in [3.63, 3.8) is 0 Å². The van der Waals surface area contributed by atoms with E-state index in [0.717, 1.165) is 0 Å². The third-order valence-electron chi connectivity index (χ3n) is 4.08. The van der Waals surface area contributed by atoms with Crippen LogP contribution in [-0.2, 0) is 9.53 Å². The van der Waals surface area contributed by atoms with Crippen LogP contribution in [0.3, 0.4) is 0 Å². The molecule has 2 amide bonds. The van der Waals surface area contributed by atoms with Crippen molar-refractivity contribution in [1.29, 1.82) is 0 Å². The van der Waals surface area contributed by atoms with Gasteiger partial charge in [-0.25, -0.2) is 0 Å². The average Bonchev–Trinajstić information content (AvgIpc) is 3.17. The zero-order valence-corrected chi connectivity index (χ0v) is 14.0. The Labute approximate surface area is 146 Å². The molecular weight excluding hydrogens is 320 g/mol. The summed E-state index contributed by atoms with van der Waals surface area (Å²) in [7, 11) is 1.59. The van der Waals surface area contributed by atoms with E-state index in [-0.39, 0.29) is 17.7 Å². The number of rotatable bonds is 5. The van der Waals surface area contributed by atoms with E-state index in [4.69, 9.17) is 9.47 Å². The Kier molecular flexibility index (Phi) is 5.30. The molecule has 1 atom stereocenters. The second kappa shape index (κ2) is 7.81. The number of para-hydroxylation sites is 1. The van der Waals surface area contributed by atoms with Gasteiger partial charge in [-0.1, -0.05) is 12.1 Å². The van der Waals surface area contributed by atoms with Gasteiger partial charge in [0.2, 0.25) is 5.91 Å². The maximum atomic E-state index is 12.6. The molecule has 0 aromatic heterocycles. The zero-order chi connectivity index (χ0) is 17.6. The number of carbonyl (C=O) groups is 2. The van der Waals surface area contributed by atoms with Crippen LogP contribution in [0.2, 0.25) is 0 Å². The number of hydrogen-bond donors (Lipinski definition) is 2. The maximum Gasteiger partial charge on any atom is 0.257 e. The van der Waals surface area contributed by atoms with E-state index >= 15 is 0 Å². The van der Waals surface area contributed by atoms with Gasteiger partial charge in [0.15, 0.2) is 0 Å². The maximum absolute atomic E-state index is 12.6. The lowest BCUT2D eigenvalue weighted by molar-refractivity contribution is -0.119. The van der Waals surface area contributed by atoms with Crippen molar-refractivity contribution in [2.45, 2.75) is 6.42 Å². The summed E-state index contributed by atoms with van der Waals surface area (Å²) < 4.78 is 10.3. The van der Waals surface area contributed by atoms with Gasteiger partial charge in [-0.15, -0.1) is 0 Å². The fourth-order valence-corrected chi connectivity index (χ4v) is 2.64. The fraction of sp³-hybridized carbons (Fsp3) is 0.263. The lowest BCUT2D eigenvalue weighted by Crippen LogP contribution is -2.24. The molecule has 0 spiro atoms. The van der Waals surface area contributed by atoms with Gasteiger partial charge in [0.1, 0.15) is 5.75 Å². The van der Waals surface area contributed by atoms with E-state index < -0.39 is 0 Å². The normalized spacial score (nSPS) is 16.3. The number of hydrogen-bond acceptors (Lipinski definition) is 4.